The molecule has 2 unspecified atom stereocenters. The van der Waals surface area contributed by atoms with Gasteiger partial charge >= 0.3 is 0 Å². The highest BCUT2D eigenvalue weighted by Gasteiger charge is 2.53. The van der Waals surface area contributed by atoms with Crippen LogP contribution < -0.4 is 0 Å². The van der Waals surface area contributed by atoms with Crippen molar-refractivity contribution in [1.29, 1.82) is 0 Å². The van der Waals surface area contributed by atoms with E-state index in [2.05, 4.69) is 217 Å². The minimum absolute atomic E-state index is 0.150. The van der Waals surface area contributed by atoms with Gasteiger partial charge in [-0.2, -0.15) is 0 Å². The van der Waals surface area contributed by atoms with Crippen LogP contribution in [0, 0.1) is 5.92 Å². The summed E-state index contributed by atoms with van der Waals surface area (Å²) in [5.74, 6) is 2.18. The zero-order chi connectivity index (χ0) is 46.1. The number of allylic oxidation sites excluding steroid dienone is 1. The number of furan rings is 1. The van der Waals surface area contributed by atoms with Gasteiger partial charge in [0.1, 0.15) is 11.3 Å². The maximum absolute atomic E-state index is 6.93. The second kappa shape index (κ2) is 13.4. The van der Waals surface area contributed by atoms with Crippen LogP contribution in [-0.4, -0.2) is 9.97 Å². The summed E-state index contributed by atoms with van der Waals surface area (Å²) < 4.78 is 6.93. The molecule has 0 amide bonds. The van der Waals surface area contributed by atoms with E-state index in [9.17, 15) is 0 Å². The molecule has 0 bridgehead atoms. The number of fused-ring (bicyclic) bond motifs is 20. The maximum Gasteiger partial charge on any atom is 0.161 e. The van der Waals surface area contributed by atoms with E-state index >= 15 is 0 Å². The summed E-state index contributed by atoms with van der Waals surface area (Å²) in [6, 6.07) is 63.6. The van der Waals surface area contributed by atoms with Gasteiger partial charge in [-0.05, 0) is 120 Å². The fourth-order valence-electron chi connectivity index (χ4n) is 13.7. The van der Waals surface area contributed by atoms with Crippen LogP contribution in [0.5, 0.6) is 0 Å². The van der Waals surface area contributed by atoms with Crippen molar-refractivity contribution in [3.05, 3.63) is 232 Å². The SMILES string of the molecule is CC1C=Cc2oc3c4c(ccc3c2C1)C1(c2ccccc2-c2c(-c3nc(-c5ccc6c(c5)C(C)(C)c5ccccc5-6)cc(-c5ccc6c(c5)C(C)(C)c5ccccc5-6)n3)cccc21)c1ccccc1-4. The van der Waals surface area contributed by atoms with Crippen molar-refractivity contribution in [3.63, 3.8) is 0 Å². The summed E-state index contributed by atoms with van der Waals surface area (Å²) >= 11 is 0. The third-order valence-corrected chi connectivity index (χ3v) is 16.9. The topological polar surface area (TPSA) is 38.9 Å². The molecule has 0 radical (unpaired) electrons. The molecule has 328 valence electrons. The molecule has 0 aliphatic heterocycles. The van der Waals surface area contributed by atoms with Gasteiger partial charge in [0, 0.05) is 44.0 Å². The molecule has 5 aliphatic rings. The van der Waals surface area contributed by atoms with Crippen molar-refractivity contribution in [2.24, 2.45) is 5.92 Å². The van der Waals surface area contributed by atoms with Crippen molar-refractivity contribution in [2.45, 2.75) is 57.3 Å². The molecule has 3 nitrogen and oxygen atoms in total. The van der Waals surface area contributed by atoms with E-state index in [0.717, 1.165) is 51.7 Å². The molecule has 0 saturated carbocycles. The van der Waals surface area contributed by atoms with Crippen LogP contribution in [0.4, 0.5) is 0 Å². The maximum atomic E-state index is 6.93. The number of hydrogen-bond donors (Lipinski definition) is 0. The fourth-order valence-corrected chi connectivity index (χ4v) is 13.7. The van der Waals surface area contributed by atoms with Crippen LogP contribution in [0.1, 0.15) is 90.4 Å². The Labute approximate surface area is 402 Å². The minimum Gasteiger partial charge on any atom is -0.456 e. The molecule has 1 spiro atoms. The van der Waals surface area contributed by atoms with Gasteiger partial charge in [0.2, 0.25) is 0 Å². The summed E-state index contributed by atoms with van der Waals surface area (Å²) in [5.41, 5.74) is 27.0. The molecule has 69 heavy (non-hydrogen) atoms. The van der Waals surface area contributed by atoms with Crippen molar-refractivity contribution < 1.29 is 4.42 Å². The molecule has 2 atom stereocenters. The second-order valence-corrected chi connectivity index (χ2v) is 21.2. The first kappa shape index (κ1) is 39.1. The van der Waals surface area contributed by atoms with Crippen LogP contribution in [0.15, 0.2) is 180 Å². The van der Waals surface area contributed by atoms with Gasteiger partial charge in [0.15, 0.2) is 5.82 Å². The Morgan fingerprint density at radius 3 is 1.55 bits per heavy atom. The quantitative estimate of drug-likeness (QED) is 0.177. The van der Waals surface area contributed by atoms with Gasteiger partial charge in [0.25, 0.3) is 0 Å². The highest BCUT2D eigenvalue weighted by Crippen LogP contribution is 2.65. The monoisotopic (exact) mass is 884 g/mol. The predicted molar refractivity (Wildman–Crippen MR) is 281 cm³/mol. The lowest BCUT2D eigenvalue weighted by Gasteiger charge is -2.30. The highest BCUT2D eigenvalue weighted by atomic mass is 16.3. The van der Waals surface area contributed by atoms with E-state index in [-0.39, 0.29) is 10.8 Å². The van der Waals surface area contributed by atoms with Gasteiger partial charge < -0.3 is 4.42 Å². The predicted octanol–water partition coefficient (Wildman–Crippen LogP) is 16.4. The third-order valence-electron chi connectivity index (χ3n) is 16.9. The Kier molecular flexibility index (Phi) is 7.62. The fraction of sp³-hybridized carbons (Fsp3) is 0.152. The number of nitrogens with zero attached hydrogens (tertiary/aromatic N) is 2. The Bertz CT molecular complexity index is 3850. The van der Waals surface area contributed by atoms with Crippen molar-refractivity contribution in [1.82, 2.24) is 9.97 Å². The van der Waals surface area contributed by atoms with E-state index in [1.807, 2.05) is 0 Å². The first-order valence-electron chi connectivity index (χ1n) is 24.6. The van der Waals surface area contributed by atoms with E-state index in [1.165, 1.54) is 100.0 Å². The Balaban J connectivity index is 0.975. The summed E-state index contributed by atoms with van der Waals surface area (Å²) in [6.07, 6.45) is 5.45. The van der Waals surface area contributed by atoms with Gasteiger partial charge in [-0.1, -0.05) is 192 Å². The number of hydrogen-bond acceptors (Lipinski definition) is 3. The van der Waals surface area contributed by atoms with Gasteiger partial charge in [-0.25, -0.2) is 9.97 Å². The van der Waals surface area contributed by atoms with E-state index in [4.69, 9.17) is 14.4 Å². The van der Waals surface area contributed by atoms with E-state index in [1.54, 1.807) is 0 Å². The lowest BCUT2D eigenvalue weighted by Crippen LogP contribution is -2.25. The van der Waals surface area contributed by atoms with E-state index in [0.29, 0.717) is 5.92 Å². The zero-order valence-corrected chi connectivity index (χ0v) is 39.4. The molecule has 5 aliphatic carbocycles. The summed E-state index contributed by atoms with van der Waals surface area (Å²) in [5, 5.41) is 1.22. The molecule has 15 rings (SSSR count). The molecule has 0 N–H and O–H groups in total. The zero-order valence-electron chi connectivity index (χ0n) is 39.4. The molecule has 10 aromatic rings. The van der Waals surface area contributed by atoms with Crippen LogP contribution in [0.2, 0.25) is 0 Å². The Hall–Kier alpha value is -7.88. The van der Waals surface area contributed by atoms with Crippen molar-refractivity contribution in [3.8, 4) is 78.4 Å². The number of benzene rings is 8. The molecule has 2 aromatic heterocycles. The highest BCUT2D eigenvalue weighted by molar-refractivity contribution is 6.07. The Morgan fingerprint density at radius 1 is 0.449 bits per heavy atom. The summed E-state index contributed by atoms with van der Waals surface area (Å²) in [4.78, 5) is 11.3. The average Bonchev–Trinajstić information content (AvgIpc) is 4.12. The van der Waals surface area contributed by atoms with E-state index < -0.39 is 5.41 Å². The molecular weight excluding hydrogens is 837 g/mol. The first-order chi connectivity index (χ1) is 33.6. The third kappa shape index (κ3) is 4.97. The lowest BCUT2D eigenvalue weighted by atomic mass is 9.70. The van der Waals surface area contributed by atoms with Crippen LogP contribution in [-0.2, 0) is 22.7 Å². The van der Waals surface area contributed by atoms with Crippen molar-refractivity contribution >= 4 is 17.0 Å². The van der Waals surface area contributed by atoms with Crippen molar-refractivity contribution in [2.75, 3.05) is 0 Å². The minimum atomic E-state index is -0.569. The molecule has 0 fully saturated rings. The Morgan fingerprint density at radius 2 is 0.942 bits per heavy atom. The number of aromatic nitrogens is 2. The average molecular weight is 885 g/mol. The molecule has 0 saturated heterocycles. The van der Waals surface area contributed by atoms with Gasteiger partial charge in [0.05, 0.1) is 16.8 Å². The lowest BCUT2D eigenvalue weighted by molar-refractivity contribution is 0.584. The second-order valence-electron chi connectivity index (χ2n) is 21.2. The standard InChI is InChI=1S/C66H48N2O/c1-37-25-32-59-48(33-37)44-30-31-54-61(62(44)69-59)46-18-9-13-23-52(46)66(54)51-22-12-8-17-45(51)60-47(19-14-24-53(60)66)63-67-57(38-26-28-42-40-15-6-10-20-49(40)64(2,3)55(42)34-38)36-58(68-63)39-27-29-43-41-16-7-11-21-50(41)65(4,5)56(43)35-39/h6-32,34-37H,33H2,1-5H3. The number of rotatable bonds is 3. The normalized spacial score (nSPS) is 18.5. The molecule has 8 aromatic carbocycles. The smallest absolute Gasteiger partial charge is 0.161 e. The van der Waals surface area contributed by atoms with Crippen LogP contribution in [0.25, 0.3) is 95.5 Å². The largest absolute Gasteiger partial charge is 0.456 e. The first-order valence-corrected chi connectivity index (χ1v) is 24.6. The molecule has 3 heteroatoms. The van der Waals surface area contributed by atoms with Crippen LogP contribution in [0.3, 0.4) is 0 Å². The summed E-state index contributed by atoms with van der Waals surface area (Å²) in [7, 11) is 0. The van der Waals surface area contributed by atoms with Gasteiger partial charge in [-0.3, -0.25) is 0 Å². The van der Waals surface area contributed by atoms with Gasteiger partial charge in [-0.15, -0.1) is 0 Å². The van der Waals surface area contributed by atoms with Crippen LogP contribution >= 0.6 is 0 Å². The molecule has 2 heterocycles. The molecular formula is C66H48N2O. The summed E-state index contributed by atoms with van der Waals surface area (Å²) in [6.45, 7) is 11.7.